The van der Waals surface area contributed by atoms with Crippen LogP contribution in [0.15, 0.2) is 47.4 Å². The molecule has 2 N–H and O–H groups in total. The van der Waals surface area contributed by atoms with Gasteiger partial charge in [-0.25, -0.2) is 0 Å². The summed E-state index contributed by atoms with van der Waals surface area (Å²) in [7, 11) is 0. The lowest BCUT2D eigenvalue weighted by Crippen LogP contribution is -2.47. The van der Waals surface area contributed by atoms with Crippen LogP contribution in [0.4, 0.5) is 0 Å². The van der Waals surface area contributed by atoms with Crippen LogP contribution in [0.3, 0.4) is 0 Å². The van der Waals surface area contributed by atoms with E-state index in [9.17, 15) is 9.59 Å². The lowest BCUT2D eigenvalue weighted by molar-refractivity contribution is -0.131. The van der Waals surface area contributed by atoms with Crippen LogP contribution in [0.25, 0.3) is 0 Å². The van der Waals surface area contributed by atoms with Crippen LogP contribution in [-0.4, -0.2) is 30.3 Å². The lowest BCUT2D eigenvalue weighted by Gasteiger charge is -2.17. The quantitative estimate of drug-likeness (QED) is 0.523. The molecule has 0 spiro atoms. The second-order valence-electron chi connectivity index (χ2n) is 6.19. The van der Waals surface area contributed by atoms with E-state index in [1.807, 2.05) is 63.2 Å². The van der Waals surface area contributed by atoms with Crippen molar-refractivity contribution in [1.29, 1.82) is 0 Å². The Hall–Kier alpha value is -2.67. The molecule has 0 aliphatic rings. The maximum Gasteiger partial charge on any atom is 0.279 e. The number of nitrogens with one attached hydrogen (secondary N) is 2. The van der Waals surface area contributed by atoms with Crippen LogP contribution in [-0.2, 0) is 9.59 Å². The zero-order chi connectivity index (χ0) is 20.5. The van der Waals surface area contributed by atoms with E-state index in [0.717, 1.165) is 21.8 Å². The largest absolute Gasteiger partial charge is 0.494 e. The second-order valence-corrected chi connectivity index (χ2v) is 7.24. The fraction of sp³-hybridized carbons (Fsp3) is 0.333. The van der Waals surface area contributed by atoms with Gasteiger partial charge in [-0.1, -0.05) is 12.1 Å². The average Bonchev–Trinajstić information content (AvgIpc) is 2.69. The highest BCUT2D eigenvalue weighted by Gasteiger charge is 2.16. The van der Waals surface area contributed by atoms with E-state index in [0.29, 0.717) is 12.4 Å². The molecule has 0 aliphatic heterocycles. The van der Waals surface area contributed by atoms with Gasteiger partial charge in [0.15, 0.2) is 6.10 Å². The number of hydrogen-bond acceptors (Lipinski definition) is 5. The summed E-state index contributed by atoms with van der Waals surface area (Å²) in [5.41, 5.74) is 6.89. The number of benzene rings is 2. The fourth-order valence-corrected chi connectivity index (χ4v) is 3.01. The van der Waals surface area contributed by atoms with Crippen LogP contribution in [0.1, 0.15) is 25.0 Å². The smallest absolute Gasteiger partial charge is 0.279 e. The highest BCUT2D eigenvalue weighted by molar-refractivity contribution is 8.00. The van der Waals surface area contributed by atoms with Gasteiger partial charge in [0, 0.05) is 4.90 Å². The summed E-state index contributed by atoms with van der Waals surface area (Å²) < 4.78 is 11.1. The molecule has 0 aromatic heterocycles. The van der Waals surface area contributed by atoms with Crippen LogP contribution in [0, 0.1) is 13.8 Å². The summed E-state index contributed by atoms with van der Waals surface area (Å²) in [5, 5.41) is 0. The maximum absolute atomic E-state index is 12.1. The Kier molecular flexibility index (Phi) is 8.19. The molecule has 2 aromatic rings. The molecule has 0 radical (unpaired) electrons. The number of carbonyl (C=O) groups excluding carboxylic acids is 2. The first-order chi connectivity index (χ1) is 13.4. The zero-order valence-electron chi connectivity index (χ0n) is 16.6. The molecule has 7 heteroatoms. The van der Waals surface area contributed by atoms with Crippen LogP contribution < -0.4 is 20.3 Å². The Bertz CT molecular complexity index is 809. The predicted octanol–water partition coefficient (Wildman–Crippen LogP) is 3.41. The number of hydrogen-bond donors (Lipinski definition) is 2. The molecule has 150 valence electrons. The van der Waals surface area contributed by atoms with Gasteiger partial charge in [0.25, 0.3) is 5.91 Å². The van der Waals surface area contributed by atoms with E-state index >= 15 is 0 Å². The van der Waals surface area contributed by atoms with E-state index in [-0.39, 0.29) is 11.7 Å². The van der Waals surface area contributed by atoms with E-state index in [1.54, 1.807) is 6.92 Å². The second kappa shape index (κ2) is 10.6. The van der Waals surface area contributed by atoms with Gasteiger partial charge in [0.1, 0.15) is 11.5 Å². The third kappa shape index (κ3) is 6.49. The highest BCUT2D eigenvalue weighted by Crippen LogP contribution is 2.22. The molecular formula is C21H26N2O4S. The fourth-order valence-electron chi connectivity index (χ4n) is 2.31. The third-order valence-corrected chi connectivity index (χ3v) is 5.07. The molecule has 0 saturated carbocycles. The van der Waals surface area contributed by atoms with Gasteiger partial charge < -0.3 is 9.47 Å². The van der Waals surface area contributed by atoms with Crippen molar-refractivity contribution in [1.82, 2.24) is 10.9 Å². The van der Waals surface area contributed by atoms with E-state index in [4.69, 9.17) is 9.47 Å². The molecule has 0 heterocycles. The minimum atomic E-state index is -0.737. The van der Waals surface area contributed by atoms with Crippen molar-refractivity contribution in [2.45, 2.75) is 38.7 Å². The number of aryl methyl sites for hydroxylation is 1. The Morgan fingerprint density at radius 1 is 1.07 bits per heavy atom. The molecule has 0 aliphatic carbocycles. The molecule has 2 aromatic carbocycles. The molecule has 0 bridgehead atoms. The van der Waals surface area contributed by atoms with Gasteiger partial charge in [0.2, 0.25) is 5.91 Å². The standard InChI is InChI=1S/C21H26N2O4S/c1-5-26-17-9-11-18(12-10-17)28-13-20(24)22-23-21(25)16(4)27-19-8-6-7-14(2)15(19)3/h6-12,16H,5,13H2,1-4H3,(H,22,24)(H,23,25). The van der Waals surface area contributed by atoms with E-state index in [1.165, 1.54) is 11.8 Å². The molecule has 0 saturated heterocycles. The van der Waals surface area contributed by atoms with Gasteiger partial charge in [0.05, 0.1) is 12.4 Å². The van der Waals surface area contributed by atoms with E-state index < -0.39 is 12.0 Å². The van der Waals surface area contributed by atoms with Crippen LogP contribution in [0.2, 0.25) is 0 Å². The van der Waals surface area contributed by atoms with Crippen molar-refractivity contribution in [2.75, 3.05) is 12.4 Å². The number of amides is 2. The number of rotatable bonds is 8. The lowest BCUT2D eigenvalue weighted by atomic mass is 10.1. The molecule has 6 nitrogen and oxygen atoms in total. The molecule has 28 heavy (non-hydrogen) atoms. The Morgan fingerprint density at radius 2 is 1.79 bits per heavy atom. The van der Waals surface area contributed by atoms with Crippen LogP contribution >= 0.6 is 11.8 Å². The first-order valence-electron chi connectivity index (χ1n) is 9.08. The molecule has 1 atom stereocenters. The first kappa shape index (κ1) is 21.6. The number of thioether (sulfide) groups is 1. The van der Waals surface area contributed by atoms with Crippen LogP contribution in [0.5, 0.6) is 11.5 Å². The highest BCUT2D eigenvalue weighted by atomic mass is 32.2. The Morgan fingerprint density at radius 3 is 2.46 bits per heavy atom. The summed E-state index contributed by atoms with van der Waals surface area (Å²) in [6.07, 6.45) is -0.737. The predicted molar refractivity (Wildman–Crippen MR) is 111 cm³/mol. The summed E-state index contributed by atoms with van der Waals surface area (Å²) in [6.45, 7) is 8.09. The van der Waals surface area contributed by atoms with Gasteiger partial charge in [-0.3, -0.25) is 20.4 Å². The van der Waals surface area contributed by atoms with Gasteiger partial charge in [-0.15, -0.1) is 11.8 Å². The Balaban J connectivity index is 1.75. The SMILES string of the molecule is CCOc1ccc(SCC(=O)NNC(=O)C(C)Oc2cccc(C)c2C)cc1. The summed E-state index contributed by atoms with van der Waals surface area (Å²) >= 11 is 1.37. The van der Waals surface area contributed by atoms with Gasteiger partial charge in [-0.05, 0) is 69.2 Å². The van der Waals surface area contributed by atoms with Crippen molar-refractivity contribution < 1.29 is 19.1 Å². The van der Waals surface area contributed by atoms with Crippen molar-refractivity contribution in [2.24, 2.45) is 0 Å². The third-order valence-electron chi connectivity index (χ3n) is 4.06. The normalized spacial score (nSPS) is 11.4. The minimum Gasteiger partial charge on any atom is -0.494 e. The van der Waals surface area contributed by atoms with E-state index in [2.05, 4.69) is 10.9 Å². The van der Waals surface area contributed by atoms with Crippen molar-refractivity contribution in [3.63, 3.8) is 0 Å². The summed E-state index contributed by atoms with van der Waals surface area (Å²) in [6, 6.07) is 13.2. The number of carbonyl (C=O) groups is 2. The van der Waals surface area contributed by atoms with Gasteiger partial charge >= 0.3 is 0 Å². The minimum absolute atomic E-state index is 0.181. The topological polar surface area (TPSA) is 76.7 Å². The summed E-state index contributed by atoms with van der Waals surface area (Å²) in [5.74, 6) is 0.911. The molecule has 0 fully saturated rings. The number of hydrazine groups is 1. The Labute approximate surface area is 170 Å². The molecular weight excluding hydrogens is 376 g/mol. The van der Waals surface area contributed by atoms with Gasteiger partial charge in [-0.2, -0.15) is 0 Å². The summed E-state index contributed by atoms with van der Waals surface area (Å²) in [4.78, 5) is 25.0. The molecule has 2 rings (SSSR count). The maximum atomic E-state index is 12.1. The molecule has 1 unspecified atom stereocenters. The zero-order valence-corrected chi connectivity index (χ0v) is 17.4. The molecule has 2 amide bonds. The average molecular weight is 403 g/mol. The van der Waals surface area contributed by atoms with Crippen molar-refractivity contribution >= 4 is 23.6 Å². The first-order valence-corrected chi connectivity index (χ1v) is 10.1. The van der Waals surface area contributed by atoms with Crippen molar-refractivity contribution in [3.8, 4) is 11.5 Å². The number of ether oxygens (including phenoxy) is 2. The monoisotopic (exact) mass is 402 g/mol. The van der Waals surface area contributed by atoms with Crippen molar-refractivity contribution in [3.05, 3.63) is 53.6 Å².